The molecule has 0 N–H and O–H groups in total. The number of nitriles is 1. The zero-order chi connectivity index (χ0) is 24.9. The van der Waals surface area contributed by atoms with Gasteiger partial charge in [0.1, 0.15) is 17.9 Å². The van der Waals surface area contributed by atoms with E-state index in [4.69, 9.17) is 10.00 Å². The van der Waals surface area contributed by atoms with Gasteiger partial charge in [0.05, 0.1) is 36.2 Å². The van der Waals surface area contributed by atoms with E-state index in [1.165, 1.54) is 6.07 Å². The lowest BCUT2D eigenvalue weighted by Crippen LogP contribution is -2.57. The normalized spacial score (nSPS) is 23.8. The first kappa shape index (κ1) is 23.5. The molecule has 5 rings (SSSR count). The molecule has 8 nitrogen and oxygen atoms in total. The summed E-state index contributed by atoms with van der Waals surface area (Å²) >= 11 is 0. The molecule has 2 aromatic heterocycles. The third-order valence-electron chi connectivity index (χ3n) is 7.56. The van der Waals surface area contributed by atoms with Gasteiger partial charge in [-0.25, -0.2) is 4.39 Å². The number of benzene rings is 1. The lowest BCUT2D eigenvalue weighted by Gasteiger charge is -2.48. The first-order valence-corrected chi connectivity index (χ1v) is 12.2. The molecule has 0 amide bonds. The second-order valence-electron chi connectivity index (χ2n) is 9.79. The number of halogens is 1. The topological polar surface area (TPSA) is 79.3 Å². The van der Waals surface area contributed by atoms with Gasteiger partial charge in [-0.2, -0.15) is 10.4 Å². The lowest BCUT2D eigenvalue weighted by molar-refractivity contribution is -0.0541. The van der Waals surface area contributed by atoms with Crippen molar-refractivity contribution in [3.63, 3.8) is 0 Å². The van der Waals surface area contributed by atoms with Gasteiger partial charge >= 0.3 is 0 Å². The van der Waals surface area contributed by atoms with Gasteiger partial charge in [-0.1, -0.05) is 6.07 Å². The Morgan fingerprint density at radius 2 is 2.03 bits per heavy atom. The molecular weight excluding hydrogens is 447 g/mol. The summed E-state index contributed by atoms with van der Waals surface area (Å²) in [6.07, 6.45) is 2.64. The number of fused-ring (bicyclic) bond motifs is 1. The van der Waals surface area contributed by atoms with E-state index in [2.05, 4.69) is 41.7 Å². The molecule has 0 bridgehead atoms. The van der Waals surface area contributed by atoms with Crippen molar-refractivity contribution in [2.24, 2.45) is 7.05 Å². The van der Waals surface area contributed by atoms with E-state index >= 15 is 0 Å². The number of piperazine rings is 1. The molecule has 2 fully saturated rings. The number of pyridine rings is 1. The summed E-state index contributed by atoms with van der Waals surface area (Å²) in [6, 6.07) is 9.21. The smallest absolute Gasteiger partial charge is 0.252 e. The molecule has 35 heavy (non-hydrogen) atoms. The number of rotatable bonds is 5. The van der Waals surface area contributed by atoms with E-state index < -0.39 is 0 Å². The molecule has 4 heterocycles. The number of nitrogens with zero attached hydrogens (tertiary/aromatic N) is 6. The maximum atomic E-state index is 14.1. The molecule has 3 aromatic rings. The van der Waals surface area contributed by atoms with E-state index in [1.807, 2.05) is 6.07 Å². The summed E-state index contributed by atoms with van der Waals surface area (Å²) in [5.41, 5.74) is 4.20. The summed E-state index contributed by atoms with van der Waals surface area (Å²) in [5.74, 6) is -0.233. The lowest BCUT2D eigenvalue weighted by atomic mass is 9.91. The first-order valence-electron chi connectivity index (χ1n) is 12.2. The maximum Gasteiger partial charge on any atom is 0.252 e. The minimum absolute atomic E-state index is 0.0329. The van der Waals surface area contributed by atoms with Crippen molar-refractivity contribution >= 4 is 16.7 Å². The molecule has 0 spiro atoms. The zero-order valence-electron chi connectivity index (χ0n) is 20.6. The van der Waals surface area contributed by atoms with Crippen molar-refractivity contribution in [1.82, 2.24) is 19.2 Å². The predicted octanol–water partition coefficient (Wildman–Crippen LogP) is 3.52. The van der Waals surface area contributed by atoms with Crippen LogP contribution < -0.4 is 10.5 Å². The minimum atomic E-state index is -0.233. The van der Waals surface area contributed by atoms with Crippen LogP contribution >= 0.6 is 0 Å². The minimum Gasteiger partial charge on any atom is -0.373 e. The Morgan fingerprint density at radius 1 is 1.26 bits per heavy atom. The Hall–Kier alpha value is -3.22. The summed E-state index contributed by atoms with van der Waals surface area (Å²) in [7, 11) is 1.73. The van der Waals surface area contributed by atoms with Gasteiger partial charge in [-0.3, -0.25) is 14.4 Å². The molecule has 9 heteroatoms. The quantitative estimate of drug-likeness (QED) is 0.558. The van der Waals surface area contributed by atoms with Gasteiger partial charge in [-0.05, 0) is 44.0 Å². The van der Waals surface area contributed by atoms with E-state index in [-0.39, 0.29) is 42.2 Å². The summed E-state index contributed by atoms with van der Waals surface area (Å²) in [5, 5.41) is 13.7. The third-order valence-corrected chi connectivity index (χ3v) is 7.56. The van der Waals surface area contributed by atoms with Gasteiger partial charge in [-0.15, -0.1) is 0 Å². The average Bonchev–Trinajstić information content (AvgIpc) is 3.21. The number of hydrogen-bond donors (Lipinski definition) is 0. The van der Waals surface area contributed by atoms with Crippen LogP contribution in [0, 0.1) is 17.1 Å². The van der Waals surface area contributed by atoms with E-state index in [9.17, 15) is 9.18 Å². The Kier molecular flexibility index (Phi) is 6.11. The molecule has 0 saturated carbocycles. The number of aromatic nitrogens is 3. The van der Waals surface area contributed by atoms with Gasteiger partial charge in [0.15, 0.2) is 0 Å². The van der Waals surface area contributed by atoms with Crippen molar-refractivity contribution in [1.29, 1.82) is 5.26 Å². The Morgan fingerprint density at radius 3 is 2.71 bits per heavy atom. The van der Waals surface area contributed by atoms with Crippen molar-refractivity contribution in [3.05, 3.63) is 57.8 Å². The van der Waals surface area contributed by atoms with E-state index in [1.54, 1.807) is 34.6 Å². The number of anilines is 1. The van der Waals surface area contributed by atoms with E-state index in [0.29, 0.717) is 0 Å². The highest BCUT2D eigenvalue weighted by molar-refractivity contribution is 5.88. The molecule has 0 aliphatic carbocycles. The largest absolute Gasteiger partial charge is 0.373 e. The molecular formula is C26H31FN6O2. The van der Waals surface area contributed by atoms with Gasteiger partial charge in [0, 0.05) is 50.7 Å². The maximum absolute atomic E-state index is 14.1. The monoisotopic (exact) mass is 478 g/mol. The van der Waals surface area contributed by atoms with Crippen LogP contribution in [0.2, 0.25) is 0 Å². The van der Waals surface area contributed by atoms with Gasteiger partial charge < -0.3 is 14.2 Å². The molecule has 1 aromatic carbocycles. The van der Waals surface area contributed by atoms with E-state index in [0.717, 1.165) is 54.0 Å². The summed E-state index contributed by atoms with van der Waals surface area (Å²) < 4.78 is 22.9. The van der Waals surface area contributed by atoms with Gasteiger partial charge in [0.2, 0.25) is 0 Å². The van der Waals surface area contributed by atoms with Crippen LogP contribution in [0.15, 0.2) is 35.3 Å². The standard InChI is InChI=1S/C26H31FN6O2/c1-16-14-33(22-12-25(34)30(4)23-15-31(9-8-28)29-26(22)23)17(2)13-32(16)18(3)20-6-5-19(27)11-21(20)24-7-10-35-24/h5-6,11-12,15-18,24H,7,9-10,13-14H2,1-4H3/t16-,17+,18?,24?/m1/s1. The summed E-state index contributed by atoms with van der Waals surface area (Å²) in [4.78, 5) is 17.5. The van der Waals surface area contributed by atoms with Crippen LogP contribution in [0.4, 0.5) is 10.1 Å². The fraction of sp³-hybridized carbons (Fsp3) is 0.500. The Balaban J connectivity index is 1.45. The highest BCUT2D eigenvalue weighted by Crippen LogP contribution is 2.38. The number of ether oxygens (including phenoxy) is 1. The van der Waals surface area contributed by atoms with Crippen molar-refractivity contribution < 1.29 is 9.13 Å². The molecule has 0 radical (unpaired) electrons. The number of aryl methyl sites for hydroxylation is 1. The average molecular weight is 479 g/mol. The SMILES string of the molecule is CC(c1ccc(F)cc1C1CCO1)N1C[C@H](C)N(c2cc(=O)n(C)c3cn(CC#N)nc23)C[C@H]1C. The highest BCUT2D eigenvalue weighted by atomic mass is 19.1. The van der Waals surface area contributed by atoms with Crippen LogP contribution in [-0.2, 0) is 18.3 Å². The second-order valence-corrected chi connectivity index (χ2v) is 9.79. The van der Waals surface area contributed by atoms with Gasteiger partial charge in [0.25, 0.3) is 5.56 Å². The van der Waals surface area contributed by atoms with Crippen molar-refractivity contribution in [2.75, 3.05) is 24.6 Å². The Bertz CT molecular complexity index is 1350. The fourth-order valence-corrected chi connectivity index (χ4v) is 5.51. The highest BCUT2D eigenvalue weighted by Gasteiger charge is 2.35. The zero-order valence-corrected chi connectivity index (χ0v) is 20.6. The fourth-order valence-electron chi connectivity index (χ4n) is 5.51. The molecule has 2 saturated heterocycles. The van der Waals surface area contributed by atoms with Crippen molar-refractivity contribution in [2.45, 2.75) is 58.0 Å². The molecule has 2 unspecified atom stereocenters. The van der Waals surface area contributed by atoms with Crippen LogP contribution in [-0.4, -0.2) is 51.0 Å². The van der Waals surface area contributed by atoms with Crippen LogP contribution in [0.3, 0.4) is 0 Å². The predicted molar refractivity (Wildman–Crippen MR) is 132 cm³/mol. The van der Waals surface area contributed by atoms with Crippen LogP contribution in [0.5, 0.6) is 0 Å². The molecule has 2 aliphatic heterocycles. The van der Waals surface area contributed by atoms with Crippen LogP contribution in [0.1, 0.15) is 50.5 Å². The summed E-state index contributed by atoms with van der Waals surface area (Å²) in [6.45, 7) is 8.86. The van der Waals surface area contributed by atoms with Crippen LogP contribution in [0.25, 0.3) is 11.0 Å². The Labute approximate surface area is 204 Å². The molecule has 2 aliphatic rings. The first-order chi connectivity index (χ1) is 16.8. The second kappa shape index (κ2) is 9.10. The number of hydrogen-bond acceptors (Lipinski definition) is 6. The van der Waals surface area contributed by atoms with Crippen molar-refractivity contribution in [3.8, 4) is 6.07 Å². The molecule has 4 atom stereocenters. The third kappa shape index (κ3) is 4.11. The molecule has 184 valence electrons.